The molecule has 3 aromatic rings. The van der Waals surface area contributed by atoms with Gasteiger partial charge in [-0.1, -0.05) is 18.2 Å². The lowest BCUT2D eigenvalue weighted by Gasteiger charge is -2.20. The fourth-order valence-corrected chi connectivity index (χ4v) is 3.37. The third kappa shape index (κ3) is 4.97. The van der Waals surface area contributed by atoms with Crippen LogP contribution in [0.3, 0.4) is 0 Å². The molecule has 11 heteroatoms. The van der Waals surface area contributed by atoms with Gasteiger partial charge in [-0.3, -0.25) is 9.36 Å². The molecule has 7 nitrogen and oxygen atoms in total. The van der Waals surface area contributed by atoms with Crippen LogP contribution in [0.5, 0.6) is 5.75 Å². The highest BCUT2D eigenvalue weighted by atomic mass is 19.4. The molecule has 0 radical (unpaired) electrons. The molecule has 0 aliphatic carbocycles. The first-order chi connectivity index (χ1) is 15.8. The van der Waals surface area contributed by atoms with Gasteiger partial charge in [0, 0.05) is 17.8 Å². The van der Waals surface area contributed by atoms with Gasteiger partial charge in [0.05, 0.1) is 5.56 Å². The van der Waals surface area contributed by atoms with Gasteiger partial charge in [-0.15, -0.1) is 0 Å². The fourth-order valence-electron chi connectivity index (χ4n) is 3.37. The Bertz CT molecular complexity index is 1280. The molecule has 0 saturated heterocycles. The minimum absolute atomic E-state index is 0.284. The lowest BCUT2D eigenvalue weighted by Crippen LogP contribution is -2.32. The lowest BCUT2D eigenvalue weighted by atomic mass is 10.1. The summed E-state index contributed by atoms with van der Waals surface area (Å²) in [5.41, 5.74) is -0.494. The van der Waals surface area contributed by atoms with Gasteiger partial charge in [0.25, 0.3) is 5.91 Å². The van der Waals surface area contributed by atoms with E-state index in [2.05, 4.69) is 10.4 Å². The molecule has 1 unspecified atom stereocenters. The van der Waals surface area contributed by atoms with Gasteiger partial charge in [-0.05, 0) is 52.3 Å². The average molecular weight is 480 g/mol. The third-order valence-corrected chi connectivity index (χ3v) is 5.18. The predicted molar refractivity (Wildman–Crippen MR) is 118 cm³/mol. The number of hydrogen-bond donors (Lipinski definition) is 1. The monoisotopic (exact) mass is 480 g/mol. The summed E-state index contributed by atoms with van der Waals surface area (Å²) in [6.07, 6.45) is -7.05. The van der Waals surface area contributed by atoms with Crippen molar-refractivity contribution in [2.75, 3.05) is 5.32 Å². The molecule has 1 N–H and O–H groups in total. The molecule has 1 atom stereocenters. The number of nitrogens with one attached hydrogen (secondary N) is 1. The van der Waals surface area contributed by atoms with Gasteiger partial charge in [0.2, 0.25) is 0 Å². The van der Waals surface area contributed by atoms with Crippen molar-refractivity contribution in [1.82, 2.24) is 14.3 Å². The molecule has 0 fully saturated rings. The Morgan fingerprint density at radius 3 is 2.32 bits per heavy atom. The maximum atomic E-state index is 15.1. The number of benzene rings is 2. The Kier molecular flexibility index (Phi) is 6.85. The highest BCUT2D eigenvalue weighted by molar-refractivity contribution is 6.06. The van der Waals surface area contributed by atoms with E-state index >= 15 is 4.39 Å². The summed E-state index contributed by atoms with van der Waals surface area (Å²) >= 11 is 0. The third-order valence-electron chi connectivity index (χ3n) is 5.18. The Morgan fingerprint density at radius 2 is 1.76 bits per heavy atom. The molecule has 34 heavy (non-hydrogen) atoms. The molecular weight excluding hydrogens is 456 g/mol. The van der Waals surface area contributed by atoms with E-state index in [4.69, 9.17) is 4.74 Å². The summed E-state index contributed by atoms with van der Waals surface area (Å²) < 4.78 is 61.8. The number of ether oxygens (including phenoxy) is 1. The number of carbonyl (C=O) groups excluding carboxylic acids is 1. The molecule has 0 saturated carbocycles. The van der Waals surface area contributed by atoms with Gasteiger partial charge < -0.3 is 10.1 Å². The number of aryl methyl sites for hydroxylation is 2. The van der Waals surface area contributed by atoms with E-state index in [9.17, 15) is 22.8 Å². The number of carbonyl (C=O) groups is 1. The fraction of sp³-hybridized carbons (Fsp3) is 0.348. The Labute approximate surface area is 193 Å². The normalized spacial score (nSPS) is 12.6. The van der Waals surface area contributed by atoms with Crippen LogP contribution in [0.1, 0.15) is 48.6 Å². The van der Waals surface area contributed by atoms with E-state index in [1.54, 1.807) is 52.0 Å². The maximum absolute atomic E-state index is 15.1. The Balaban J connectivity index is 2.14. The smallest absolute Gasteiger partial charge is 0.425 e. The van der Waals surface area contributed by atoms with E-state index in [1.807, 2.05) is 0 Å². The number of hydrogen-bond acceptors (Lipinski definition) is 4. The standard InChI is InChI=1S/C23H24F4N4O3/c1-12(2)30-15(5)29-31(22(30)33)19-11-20(34-14(4)23(25,26)27)16(10-17(19)24)21(32)28-18-9-7-6-8-13(18)3/h6-12,14H,1-5H3,(H,28,32). The SMILES string of the molecule is Cc1ccccc1NC(=O)c1cc(F)c(-n2nc(C)n(C(C)C)c2=O)cc1OC(C)C(F)(F)F. The summed E-state index contributed by atoms with van der Waals surface area (Å²) in [6, 6.07) is 8.05. The van der Waals surface area contributed by atoms with Crippen molar-refractivity contribution in [3.63, 3.8) is 0 Å². The first-order valence-corrected chi connectivity index (χ1v) is 10.4. The minimum atomic E-state index is -4.75. The lowest BCUT2D eigenvalue weighted by molar-refractivity contribution is -0.189. The molecule has 1 amide bonds. The van der Waals surface area contributed by atoms with Crippen LogP contribution < -0.4 is 15.7 Å². The van der Waals surface area contributed by atoms with Crippen LogP contribution in [0.25, 0.3) is 5.69 Å². The molecule has 1 heterocycles. The number of anilines is 1. The van der Waals surface area contributed by atoms with Gasteiger partial charge >= 0.3 is 11.9 Å². The summed E-state index contributed by atoms with van der Waals surface area (Å²) in [5, 5.41) is 6.58. The van der Waals surface area contributed by atoms with Crippen molar-refractivity contribution in [2.45, 2.75) is 52.9 Å². The van der Waals surface area contributed by atoms with E-state index in [0.29, 0.717) is 11.3 Å². The maximum Gasteiger partial charge on any atom is 0.425 e. The van der Waals surface area contributed by atoms with Crippen molar-refractivity contribution in [1.29, 1.82) is 0 Å². The van der Waals surface area contributed by atoms with Crippen molar-refractivity contribution in [2.24, 2.45) is 0 Å². The zero-order valence-electron chi connectivity index (χ0n) is 19.2. The largest absolute Gasteiger partial charge is 0.480 e. The van der Waals surface area contributed by atoms with Crippen LogP contribution in [-0.2, 0) is 0 Å². The highest BCUT2D eigenvalue weighted by Gasteiger charge is 2.39. The summed E-state index contributed by atoms with van der Waals surface area (Å²) in [7, 11) is 0. The van der Waals surface area contributed by atoms with Crippen LogP contribution in [0.15, 0.2) is 41.2 Å². The minimum Gasteiger partial charge on any atom is -0.480 e. The topological polar surface area (TPSA) is 78.2 Å². The number of alkyl halides is 3. The Hall–Kier alpha value is -3.63. The zero-order chi connectivity index (χ0) is 25.4. The van der Waals surface area contributed by atoms with E-state index in [-0.39, 0.29) is 11.9 Å². The van der Waals surface area contributed by atoms with E-state index in [1.165, 1.54) is 4.57 Å². The highest BCUT2D eigenvalue weighted by Crippen LogP contribution is 2.31. The van der Waals surface area contributed by atoms with E-state index < -0.39 is 46.7 Å². The van der Waals surface area contributed by atoms with Gasteiger partial charge in [-0.25, -0.2) is 9.18 Å². The molecule has 1 aromatic heterocycles. The van der Waals surface area contributed by atoms with Crippen molar-refractivity contribution in [3.05, 3.63) is 69.7 Å². The molecular formula is C23H24F4N4O3. The van der Waals surface area contributed by atoms with Crippen molar-refractivity contribution >= 4 is 11.6 Å². The van der Waals surface area contributed by atoms with Crippen molar-refractivity contribution in [3.8, 4) is 11.4 Å². The van der Waals surface area contributed by atoms with Crippen molar-refractivity contribution < 1.29 is 27.1 Å². The first kappa shape index (κ1) is 25.0. The molecule has 0 aliphatic heterocycles. The second-order valence-corrected chi connectivity index (χ2v) is 8.08. The number of aromatic nitrogens is 3. The Morgan fingerprint density at radius 1 is 1.12 bits per heavy atom. The molecule has 2 aromatic carbocycles. The molecule has 182 valence electrons. The van der Waals surface area contributed by atoms with Crippen LogP contribution in [0, 0.1) is 19.7 Å². The summed E-state index contributed by atoms with van der Waals surface area (Å²) in [4.78, 5) is 25.7. The van der Waals surface area contributed by atoms with Crippen LogP contribution in [-0.4, -0.2) is 32.5 Å². The summed E-state index contributed by atoms with van der Waals surface area (Å²) in [5.74, 6) is -2.17. The second kappa shape index (κ2) is 9.32. The predicted octanol–water partition coefficient (Wildman–Crippen LogP) is 4.95. The molecule has 3 rings (SSSR count). The molecule has 0 spiro atoms. The molecule has 0 aliphatic rings. The second-order valence-electron chi connectivity index (χ2n) is 8.08. The van der Waals surface area contributed by atoms with Gasteiger partial charge in [-0.2, -0.15) is 23.0 Å². The number of amides is 1. The van der Waals surface area contributed by atoms with Crippen LogP contribution in [0.4, 0.5) is 23.2 Å². The van der Waals surface area contributed by atoms with E-state index in [0.717, 1.165) is 23.7 Å². The number of halogens is 4. The molecule has 0 bridgehead atoms. The average Bonchev–Trinajstić information content (AvgIpc) is 3.03. The summed E-state index contributed by atoms with van der Waals surface area (Å²) in [6.45, 7) is 7.49. The number of para-hydroxylation sites is 1. The van der Waals surface area contributed by atoms with Gasteiger partial charge in [0.1, 0.15) is 23.1 Å². The van der Waals surface area contributed by atoms with Crippen LogP contribution in [0.2, 0.25) is 0 Å². The van der Waals surface area contributed by atoms with Gasteiger partial charge in [0.15, 0.2) is 6.10 Å². The van der Waals surface area contributed by atoms with Crippen LogP contribution >= 0.6 is 0 Å². The number of nitrogens with zero attached hydrogens (tertiary/aromatic N) is 3. The number of rotatable bonds is 6. The zero-order valence-corrected chi connectivity index (χ0v) is 19.2. The first-order valence-electron chi connectivity index (χ1n) is 10.4. The quantitative estimate of drug-likeness (QED) is 0.507.